The summed E-state index contributed by atoms with van der Waals surface area (Å²) in [6.45, 7) is 1.42. The average molecular weight is 324 g/mol. The van der Waals surface area contributed by atoms with Crippen molar-refractivity contribution >= 4 is 24.3 Å². The van der Waals surface area contributed by atoms with Crippen molar-refractivity contribution in [2.45, 2.75) is 6.10 Å². The quantitative estimate of drug-likeness (QED) is 0.244. The molecule has 1 rings (SSSR count). The molecule has 0 amide bonds. The van der Waals surface area contributed by atoms with Crippen molar-refractivity contribution in [3.05, 3.63) is 10.4 Å². The Hall–Kier alpha value is 0.126. The predicted molar refractivity (Wildman–Crippen MR) is 30.6 cm³/mol. The molecule has 50 valence electrons. The molecule has 0 saturated carbocycles. The second kappa shape index (κ2) is 4.02. The minimum atomic E-state index is -1.18. The molecule has 1 fully saturated rings. The number of epoxide rings is 1. The third kappa shape index (κ3) is 3.66. The predicted octanol–water partition coefficient (Wildman–Crippen LogP) is 0.246. The Morgan fingerprint density at radius 2 is 2.78 bits per heavy atom. The van der Waals surface area contributed by atoms with E-state index in [9.17, 15) is 0 Å². The van der Waals surface area contributed by atoms with E-state index in [0.29, 0.717) is 12.7 Å². The van der Waals surface area contributed by atoms with Gasteiger partial charge in [-0.3, -0.25) is 0 Å². The molecule has 5 nitrogen and oxygen atoms in total. The number of hydrogen-bond acceptors (Lipinski definition) is 3. The van der Waals surface area contributed by atoms with Crippen LogP contribution in [-0.2, 0) is 7.51 Å². The van der Waals surface area contributed by atoms with Gasteiger partial charge in [0.05, 0.1) is 0 Å². The summed E-state index contributed by atoms with van der Waals surface area (Å²) in [6, 6.07) is 0. The molecule has 0 aromatic carbocycles. The molecule has 0 bridgehead atoms. The normalized spacial score (nSPS) is 22.9. The molecule has 1 heterocycles. The van der Waals surface area contributed by atoms with Crippen LogP contribution in [0.1, 0.15) is 0 Å². The first kappa shape index (κ1) is 7.24. The number of ether oxygens (including phenoxy) is 1. The summed E-state index contributed by atoms with van der Waals surface area (Å²) in [6.07, 6.45) is 0.291. The Kier molecular flexibility index (Phi) is 3.24. The zero-order chi connectivity index (χ0) is 6.53. The summed E-state index contributed by atoms with van der Waals surface area (Å²) in [4.78, 5) is 2.59. The monoisotopic (exact) mass is 324 g/mol. The van der Waals surface area contributed by atoms with Crippen LogP contribution in [-0.4, -0.2) is 43.6 Å². The van der Waals surface area contributed by atoms with Crippen molar-refractivity contribution in [3.8, 4) is 0 Å². The third-order valence-corrected chi connectivity index (χ3v) is 2.26. The van der Waals surface area contributed by atoms with Crippen LogP contribution in [0.4, 0.5) is 0 Å². The van der Waals surface area contributed by atoms with Gasteiger partial charge in [0.1, 0.15) is 0 Å². The van der Waals surface area contributed by atoms with E-state index in [2.05, 4.69) is 7.93 Å². The maximum atomic E-state index is 7.84. The van der Waals surface area contributed by atoms with Crippen LogP contribution in [0.5, 0.6) is 0 Å². The van der Waals surface area contributed by atoms with Gasteiger partial charge < -0.3 is 0 Å². The van der Waals surface area contributed by atoms with Crippen molar-refractivity contribution in [2.75, 3.05) is 13.2 Å². The zero-order valence-electron chi connectivity index (χ0n) is 4.56. The van der Waals surface area contributed by atoms with E-state index in [-0.39, 0.29) is 0 Å². The van der Waals surface area contributed by atoms with Gasteiger partial charge in [-0.1, -0.05) is 0 Å². The number of azide groups is 1. The van der Waals surface area contributed by atoms with Crippen molar-refractivity contribution in [1.29, 1.82) is 0 Å². The summed E-state index contributed by atoms with van der Waals surface area (Å²) in [7, 11) is 0. The van der Waals surface area contributed by atoms with Crippen LogP contribution < -0.4 is 0 Å². The van der Waals surface area contributed by atoms with E-state index in [0.717, 1.165) is 6.61 Å². The van der Waals surface area contributed by atoms with Crippen LogP contribution in [0.3, 0.4) is 0 Å². The van der Waals surface area contributed by atoms with E-state index in [1.54, 1.807) is 0 Å². The number of hydrogen-bond donors (Lipinski definition) is 0. The Labute approximate surface area is 64.8 Å². The van der Waals surface area contributed by atoms with Crippen molar-refractivity contribution in [1.82, 2.24) is 0 Å². The molecule has 0 aliphatic carbocycles. The summed E-state index contributed by atoms with van der Waals surface area (Å²) >= 11 is -1.18. The first-order valence-electron chi connectivity index (χ1n) is 2.38. The van der Waals surface area contributed by atoms with E-state index in [1.165, 1.54) is 0 Å². The van der Waals surface area contributed by atoms with Gasteiger partial charge in [0.25, 0.3) is 0 Å². The molecule has 0 aromatic heterocycles. The molecule has 6 heteroatoms. The topological polar surface area (TPSA) is 70.5 Å². The van der Waals surface area contributed by atoms with E-state index >= 15 is 0 Å². The van der Waals surface area contributed by atoms with Crippen LogP contribution >= 0.6 is 0 Å². The fraction of sp³-hybridized carbons (Fsp3) is 1.00. The maximum absolute atomic E-state index is 7.84. The van der Waals surface area contributed by atoms with Gasteiger partial charge >= 0.3 is 64.6 Å². The zero-order valence-corrected chi connectivity index (χ0v) is 7.73. The fourth-order valence-electron chi connectivity index (χ4n) is 0.309. The fourth-order valence-corrected chi connectivity index (χ4v) is 1.43. The molecule has 1 aliphatic rings. The van der Waals surface area contributed by atoms with E-state index in [1.807, 2.05) is 0 Å². The molecule has 0 N–H and O–H groups in total. The average Bonchev–Trinajstić information content (AvgIpc) is 2.63. The van der Waals surface area contributed by atoms with E-state index in [4.69, 9.17) is 13.0 Å². The van der Waals surface area contributed by atoms with Crippen molar-refractivity contribution in [2.24, 2.45) is 3.01 Å². The van der Waals surface area contributed by atoms with Crippen LogP contribution in [0.15, 0.2) is 3.01 Å². The minimum absolute atomic E-state index is 0.291. The number of rotatable bonds is 4. The van der Waals surface area contributed by atoms with E-state index < -0.39 is 24.3 Å². The van der Waals surface area contributed by atoms with Gasteiger partial charge in [-0.15, -0.1) is 0 Å². The van der Waals surface area contributed by atoms with Crippen LogP contribution in [0, 0.1) is 0 Å². The third-order valence-electron chi connectivity index (χ3n) is 0.779. The Morgan fingerprint density at radius 1 is 2.00 bits per heavy atom. The molecule has 0 radical (unpaired) electrons. The molecule has 9 heavy (non-hydrogen) atoms. The second-order valence-corrected chi connectivity index (χ2v) is 3.62. The molecule has 1 unspecified atom stereocenters. The molecule has 1 saturated heterocycles. The van der Waals surface area contributed by atoms with Crippen molar-refractivity contribution < 1.29 is 7.51 Å². The molecular formula is C3H5N3O2Po. The van der Waals surface area contributed by atoms with Gasteiger partial charge in [0.2, 0.25) is 0 Å². The Bertz CT molecular complexity index is 131. The SMILES string of the molecule is [N-]=[N+]=[N][Po][O]CC1CO1. The Balaban J connectivity index is 1.86. The first-order chi connectivity index (χ1) is 4.43. The summed E-state index contributed by atoms with van der Waals surface area (Å²) in [5.41, 5.74) is 7.84. The molecular weight excluding hydrogens is 319 g/mol. The van der Waals surface area contributed by atoms with Gasteiger partial charge in [0.15, 0.2) is 0 Å². The standard InChI is InChI=1S/C3H5O2.N3.Po/c4-1-3-2-5-3;1-3-2;/h3H,1-2H2;;/q2*-1;+2. The summed E-state index contributed by atoms with van der Waals surface area (Å²) in [5, 5.41) is 0. The van der Waals surface area contributed by atoms with Crippen LogP contribution in [0.25, 0.3) is 10.4 Å². The van der Waals surface area contributed by atoms with Gasteiger partial charge in [-0.25, -0.2) is 0 Å². The van der Waals surface area contributed by atoms with Gasteiger partial charge in [-0.2, -0.15) is 0 Å². The summed E-state index contributed by atoms with van der Waals surface area (Å²) < 4.78 is 13.2. The number of nitrogens with zero attached hydrogens (tertiary/aromatic N) is 3. The van der Waals surface area contributed by atoms with Crippen molar-refractivity contribution in [3.63, 3.8) is 0 Å². The van der Waals surface area contributed by atoms with Gasteiger partial charge in [-0.05, 0) is 0 Å². The molecule has 0 aromatic rings. The molecule has 1 atom stereocenters. The van der Waals surface area contributed by atoms with Crippen LogP contribution in [0.2, 0.25) is 0 Å². The first-order valence-corrected chi connectivity index (χ1v) is 5.09. The molecule has 1 aliphatic heterocycles. The molecule has 0 spiro atoms. The van der Waals surface area contributed by atoms with Gasteiger partial charge in [0, 0.05) is 0 Å². The summed E-state index contributed by atoms with van der Waals surface area (Å²) in [5.74, 6) is 0. The Morgan fingerprint density at radius 3 is 3.33 bits per heavy atom. The second-order valence-electron chi connectivity index (χ2n) is 1.49.